The van der Waals surface area contributed by atoms with E-state index in [4.69, 9.17) is 0 Å². The number of ketones is 1. The van der Waals surface area contributed by atoms with E-state index in [0.29, 0.717) is 12.3 Å². The Bertz CT molecular complexity index is 348. The van der Waals surface area contributed by atoms with Gasteiger partial charge in [-0.15, -0.1) is 0 Å². The van der Waals surface area contributed by atoms with Crippen LogP contribution >= 0.6 is 0 Å². The predicted molar refractivity (Wildman–Crippen MR) is 55.1 cm³/mol. The molecule has 2 aliphatic heterocycles. The molecular weight excluding hydrogens is 190 g/mol. The third-order valence-electron chi connectivity index (χ3n) is 3.96. The molecule has 2 bridgehead atoms. The minimum atomic E-state index is 0.0954. The fourth-order valence-corrected chi connectivity index (χ4v) is 3.21. The minimum absolute atomic E-state index is 0.0954. The van der Waals surface area contributed by atoms with Crippen molar-refractivity contribution in [1.29, 1.82) is 0 Å². The summed E-state index contributed by atoms with van der Waals surface area (Å²) in [5.41, 5.74) is 0. The smallest absolute Gasteiger partial charge is 0.222 e. The number of piperidine rings is 2. The van der Waals surface area contributed by atoms with E-state index < -0.39 is 0 Å². The summed E-state index contributed by atoms with van der Waals surface area (Å²) in [5, 5.41) is 0. The number of allylic oxidation sites excluding steroid dienone is 1. The molecule has 1 amide bonds. The molecule has 15 heavy (non-hydrogen) atoms. The van der Waals surface area contributed by atoms with E-state index in [2.05, 4.69) is 0 Å². The predicted octanol–water partition coefficient (Wildman–Crippen LogP) is 1.14. The van der Waals surface area contributed by atoms with Gasteiger partial charge in [0.1, 0.15) is 0 Å². The van der Waals surface area contributed by atoms with Crippen LogP contribution in [-0.2, 0) is 9.59 Å². The second-order valence-corrected chi connectivity index (χ2v) is 4.87. The third-order valence-corrected chi connectivity index (χ3v) is 3.96. The van der Waals surface area contributed by atoms with Crippen molar-refractivity contribution in [2.45, 2.75) is 31.7 Å². The number of amides is 1. The van der Waals surface area contributed by atoms with Gasteiger partial charge in [0.2, 0.25) is 5.91 Å². The van der Waals surface area contributed by atoms with Crippen molar-refractivity contribution in [3.8, 4) is 0 Å². The number of rotatable bonds is 0. The van der Waals surface area contributed by atoms with E-state index in [1.165, 1.54) is 0 Å². The Labute approximate surface area is 89.1 Å². The fraction of sp³-hybridized carbons (Fsp3) is 0.667. The Hall–Kier alpha value is -1.12. The van der Waals surface area contributed by atoms with Crippen LogP contribution in [0.25, 0.3) is 0 Å². The Morgan fingerprint density at radius 1 is 1.33 bits per heavy atom. The zero-order valence-corrected chi connectivity index (χ0v) is 8.69. The molecule has 0 unspecified atom stereocenters. The minimum Gasteiger partial charge on any atom is -0.338 e. The summed E-state index contributed by atoms with van der Waals surface area (Å²) in [6.07, 6.45) is 7.32. The normalized spacial score (nSPS) is 39.2. The molecule has 3 atom stereocenters. The van der Waals surface area contributed by atoms with Gasteiger partial charge in [-0.3, -0.25) is 9.59 Å². The van der Waals surface area contributed by atoms with Gasteiger partial charge < -0.3 is 4.90 Å². The van der Waals surface area contributed by atoms with Gasteiger partial charge in [-0.1, -0.05) is 6.08 Å². The van der Waals surface area contributed by atoms with Gasteiger partial charge in [0.15, 0.2) is 5.78 Å². The topological polar surface area (TPSA) is 37.4 Å². The molecule has 0 aromatic carbocycles. The lowest BCUT2D eigenvalue weighted by Crippen LogP contribution is -2.56. The van der Waals surface area contributed by atoms with Crippen LogP contribution in [0.1, 0.15) is 25.7 Å². The molecule has 0 saturated carbocycles. The Kier molecular flexibility index (Phi) is 1.94. The van der Waals surface area contributed by atoms with Crippen LogP contribution in [0.3, 0.4) is 0 Å². The van der Waals surface area contributed by atoms with Crippen LogP contribution in [0.4, 0.5) is 0 Å². The molecule has 3 nitrogen and oxygen atoms in total. The van der Waals surface area contributed by atoms with Crippen LogP contribution in [0.15, 0.2) is 12.2 Å². The largest absolute Gasteiger partial charge is 0.338 e. The number of fused-ring (bicyclic) bond motifs is 4. The van der Waals surface area contributed by atoms with Gasteiger partial charge in [0, 0.05) is 24.9 Å². The van der Waals surface area contributed by atoms with Crippen molar-refractivity contribution in [2.75, 3.05) is 6.54 Å². The van der Waals surface area contributed by atoms with Crippen molar-refractivity contribution in [1.82, 2.24) is 4.90 Å². The maximum Gasteiger partial charge on any atom is 0.222 e. The van der Waals surface area contributed by atoms with Gasteiger partial charge in [0.25, 0.3) is 0 Å². The van der Waals surface area contributed by atoms with E-state index in [-0.39, 0.29) is 23.7 Å². The lowest BCUT2D eigenvalue weighted by molar-refractivity contribution is -0.144. The quantitative estimate of drug-likeness (QED) is 0.594. The van der Waals surface area contributed by atoms with Crippen LogP contribution in [0, 0.1) is 11.8 Å². The zero-order chi connectivity index (χ0) is 10.4. The molecule has 0 aromatic heterocycles. The molecule has 3 rings (SSSR count). The first-order chi connectivity index (χ1) is 7.25. The Morgan fingerprint density at radius 2 is 2.20 bits per heavy atom. The summed E-state index contributed by atoms with van der Waals surface area (Å²) in [7, 11) is 0. The molecular formula is C12H15NO2. The van der Waals surface area contributed by atoms with Gasteiger partial charge in [-0.05, 0) is 31.3 Å². The van der Waals surface area contributed by atoms with Crippen molar-refractivity contribution in [2.24, 2.45) is 11.8 Å². The first-order valence-electron chi connectivity index (χ1n) is 5.77. The summed E-state index contributed by atoms with van der Waals surface area (Å²) in [4.78, 5) is 25.5. The molecule has 80 valence electrons. The first-order valence-corrected chi connectivity index (χ1v) is 5.77. The molecule has 0 N–H and O–H groups in total. The first kappa shape index (κ1) is 9.13. The third kappa shape index (κ3) is 1.33. The Balaban J connectivity index is 1.94. The summed E-state index contributed by atoms with van der Waals surface area (Å²) in [5.74, 6) is 1.00. The standard InChI is InChI=1S/C12H15NO2/c14-11-5-4-8-6-9(11)10-2-1-3-12(15)13(10)7-8/h4-5,8-10H,1-3,6-7H2/t8-,9+,10+/m0/s1. The fourth-order valence-electron chi connectivity index (χ4n) is 3.21. The van der Waals surface area contributed by atoms with Crippen LogP contribution in [-0.4, -0.2) is 29.2 Å². The van der Waals surface area contributed by atoms with Crippen molar-refractivity contribution >= 4 is 11.7 Å². The van der Waals surface area contributed by atoms with Crippen molar-refractivity contribution in [3.63, 3.8) is 0 Å². The average molecular weight is 205 g/mol. The lowest BCUT2D eigenvalue weighted by Gasteiger charge is -2.47. The van der Waals surface area contributed by atoms with E-state index in [9.17, 15) is 9.59 Å². The van der Waals surface area contributed by atoms with E-state index in [0.717, 1.165) is 25.8 Å². The van der Waals surface area contributed by atoms with Crippen LogP contribution in [0.5, 0.6) is 0 Å². The number of hydrogen-bond acceptors (Lipinski definition) is 2. The molecule has 2 saturated heterocycles. The summed E-state index contributed by atoms with van der Waals surface area (Å²) < 4.78 is 0. The molecule has 3 heteroatoms. The molecule has 3 aliphatic rings. The highest BCUT2D eigenvalue weighted by Gasteiger charge is 2.43. The monoisotopic (exact) mass is 205 g/mol. The molecule has 1 aliphatic carbocycles. The van der Waals surface area contributed by atoms with Gasteiger partial charge in [0.05, 0.1) is 0 Å². The highest BCUT2D eigenvalue weighted by molar-refractivity contribution is 5.94. The number of hydrogen-bond donors (Lipinski definition) is 0. The Morgan fingerprint density at radius 3 is 3.07 bits per heavy atom. The summed E-state index contributed by atoms with van der Waals surface area (Å²) >= 11 is 0. The lowest BCUT2D eigenvalue weighted by atomic mass is 9.74. The van der Waals surface area contributed by atoms with Crippen LogP contribution in [0.2, 0.25) is 0 Å². The second-order valence-electron chi connectivity index (χ2n) is 4.87. The van der Waals surface area contributed by atoms with Gasteiger partial charge in [-0.2, -0.15) is 0 Å². The van der Waals surface area contributed by atoms with Gasteiger partial charge in [-0.25, -0.2) is 0 Å². The van der Waals surface area contributed by atoms with Crippen LogP contribution < -0.4 is 0 Å². The maximum absolute atomic E-state index is 11.8. The van der Waals surface area contributed by atoms with E-state index in [1.54, 1.807) is 6.08 Å². The molecule has 2 heterocycles. The molecule has 2 fully saturated rings. The number of carbonyl (C=O) groups excluding carboxylic acids is 2. The van der Waals surface area contributed by atoms with E-state index in [1.807, 2.05) is 11.0 Å². The van der Waals surface area contributed by atoms with Gasteiger partial charge >= 0.3 is 0 Å². The molecule has 0 radical (unpaired) electrons. The number of carbonyl (C=O) groups is 2. The highest BCUT2D eigenvalue weighted by atomic mass is 16.2. The van der Waals surface area contributed by atoms with Crippen molar-refractivity contribution in [3.05, 3.63) is 12.2 Å². The highest BCUT2D eigenvalue weighted by Crippen LogP contribution is 2.37. The maximum atomic E-state index is 11.8. The van der Waals surface area contributed by atoms with E-state index >= 15 is 0 Å². The average Bonchev–Trinajstić information content (AvgIpc) is 2.25. The zero-order valence-electron chi connectivity index (χ0n) is 8.69. The molecule has 0 spiro atoms. The van der Waals surface area contributed by atoms with Crippen molar-refractivity contribution < 1.29 is 9.59 Å². The molecule has 0 aromatic rings. The number of nitrogens with zero attached hydrogens (tertiary/aromatic N) is 1. The summed E-state index contributed by atoms with van der Waals surface area (Å²) in [6.45, 7) is 0.837. The summed E-state index contributed by atoms with van der Waals surface area (Å²) in [6, 6.07) is 0.208. The SMILES string of the molecule is O=C1C=C[C@H]2C[C@@H]1[C@H]1CCCC(=O)N1C2. The second kappa shape index (κ2) is 3.19.